The Morgan fingerprint density at radius 2 is 1.79 bits per heavy atom. The van der Waals surface area contributed by atoms with Crippen LogP contribution >= 0.6 is 0 Å². The number of urea groups is 1. The first-order valence-electron chi connectivity index (χ1n) is 9.48. The predicted molar refractivity (Wildman–Crippen MR) is 114 cm³/mol. The van der Waals surface area contributed by atoms with E-state index in [1.54, 1.807) is 13.2 Å². The molecule has 0 spiro atoms. The third-order valence-electron chi connectivity index (χ3n) is 4.41. The summed E-state index contributed by atoms with van der Waals surface area (Å²) in [5.41, 5.74) is 3.83. The Balaban J connectivity index is 1.86. The van der Waals surface area contributed by atoms with E-state index in [-0.39, 0.29) is 12.5 Å². The van der Waals surface area contributed by atoms with Crippen LogP contribution in [0.15, 0.2) is 36.4 Å². The average Bonchev–Trinajstić information content (AvgIpc) is 2.65. The molecule has 0 aliphatic rings. The lowest BCUT2D eigenvalue weighted by Crippen LogP contribution is -2.40. The van der Waals surface area contributed by atoms with Gasteiger partial charge in [0.05, 0.1) is 20.3 Å². The van der Waals surface area contributed by atoms with Gasteiger partial charge in [-0.1, -0.05) is 12.1 Å². The van der Waals surface area contributed by atoms with E-state index in [0.717, 1.165) is 16.7 Å². The van der Waals surface area contributed by atoms with E-state index in [4.69, 9.17) is 9.47 Å². The molecule has 0 bridgehead atoms. The second kappa shape index (κ2) is 10.5. The Morgan fingerprint density at radius 1 is 1.03 bits per heavy atom. The second-order valence-corrected chi connectivity index (χ2v) is 6.89. The maximum Gasteiger partial charge on any atom is 0.325 e. The molecule has 156 valence electrons. The summed E-state index contributed by atoms with van der Waals surface area (Å²) < 4.78 is 10.9. The molecule has 0 heterocycles. The highest BCUT2D eigenvalue weighted by Crippen LogP contribution is 2.28. The monoisotopic (exact) mass is 399 g/mol. The molecule has 0 aliphatic carbocycles. The molecule has 7 nitrogen and oxygen atoms in total. The molecule has 2 aromatic rings. The molecule has 0 radical (unpaired) electrons. The van der Waals surface area contributed by atoms with Crippen molar-refractivity contribution in [1.82, 2.24) is 10.2 Å². The highest BCUT2D eigenvalue weighted by molar-refractivity contribution is 6.01. The predicted octanol–water partition coefficient (Wildman–Crippen LogP) is 3.49. The Kier molecular flexibility index (Phi) is 8.03. The lowest BCUT2D eigenvalue weighted by atomic mass is 10.1. The largest absolute Gasteiger partial charge is 0.493 e. The summed E-state index contributed by atoms with van der Waals surface area (Å²) in [6.07, 6.45) is 0. The number of carbonyl (C=O) groups is 2. The number of nitrogens with one attached hydrogen (secondary N) is 2. The highest BCUT2D eigenvalue weighted by atomic mass is 16.5. The Labute approximate surface area is 172 Å². The number of benzene rings is 2. The number of methoxy groups -OCH3 is 1. The smallest absolute Gasteiger partial charge is 0.325 e. The molecule has 29 heavy (non-hydrogen) atoms. The molecule has 0 aromatic heterocycles. The standard InChI is InChI=1S/C22H29N3O4/c1-6-29-19-10-8-17(12-20(19)28-5)13-25(4)14-21(26)24-22(27)23-18-9-7-15(2)16(3)11-18/h7-12H,6,13-14H2,1-5H3,(H2,23,24,26,27). The van der Waals surface area contributed by atoms with E-state index >= 15 is 0 Å². The number of likely N-dealkylation sites (N-methyl/N-ethyl adjacent to an activating group) is 1. The van der Waals surface area contributed by atoms with Crippen molar-refractivity contribution in [2.24, 2.45) is 0 Å². The first-order chi connectivity index (χ1) is 13.8. The van der Waals surface area contributed by atoms with Gasteiger partial charge in [0.1, 0.15) is 0 Å². The molecule has 0 saturated carbocycles. The SMILES string of the molecule is CCOc1ccc(CN(C)CC(=O)NC(=O)Nc2ccc(C)c(C)c2)cc1OC. The van der Waals surface area contributed by atoms with E-state index in [9.17, 15) is 9.59 Å². The average molecular weight is 399 g/mol. The van der Waals surface area contributed by atoms with Gasteiger partial charge in [-0.3, -0.25) is 15.0 Å². The number of rotatable bonds is 8. The fourth-order valence-electron chi connectivity index (χ4n) is 2.85. The third-order valence-corrected chi connectivity index (χ3v) is 4.41. The normalized spacial score (nSPS) is 10.6. The number of anilines is 1. The molecule has 0 aliphatic heterocycles. The van der Waals surface area contributed by atoms with Crippen LogP contribution < -0.4 is 20.1 Å². The van der Waals surface area contributed by atoms with Crippen LogP contribution in [0.5, 0.6) is 11.5 Å². The molecule has 0 atom stereocenters. The molecule has 3 amide bonds. The maximum absolute atomic E-state index is 12.2. The van der Waals surface area contributed by atoms with Crippen molar-refractivity contribution in [2.45, 2.75) is 27.3 Å². The van der Waals surface area contributed by atoms with Crippen LogP contribution in [0.1, 0.15) is 23.6 Å². The zero-order chi connectivity index (χ0) is 21.4. The van der Waals surface area contributed by atoms with Crippen molar-refractivity contribution in [3.05, 3.63) is 53.1 Å². The van der Waals surface area contributed by atoms with E-state index in [1.165, 1.54) is 0 Å². The van der Waals surface area contributed by atoms with Crippen LogP contribution in [0.4, 0.5) is 10.5 Å². The van der Waals surface area contributed by atoms with Crippen LogP contribution in [-0.2, 0) is 11.3 Å². The summed E-state index contributed by atoms with van der Waals surface area (Å²) in [7, 11) is 3.40. The van der Waals surface area contributed by atoms with E-state index < -0.39 is 6.03 Å². The third kappa shape index (κ3) is 6.80. The van der Waals surface area contributed by atoms with Gasteiger partial charge in [0.15, 0.2) is 11.5 Å². The molecular weight excluding hydrogens is 370 g/mol. The van der Waals surface area contributed by atoms with Crippen LogP contribution in [0, 0.1) is 13.8 Å². The summed E-state index contributed by atoms with van der Waals surface area (Å²) in [4.78, 5) is 26.0. The Morgan fingerprint density at radius 3 is 2.45 bits per heavy atom. The number of aryl methyl sites for hydroxylation is 2. The number of nitrogens with zero attached hydrogens (tertiary/aromatic N) is 1. The van der Waals surface area contributed by atoms with Gasteiger partial charge >= 0.3 is 6.03 Å². The summed E-state index contributed by atoms with van der Waals surface area (Å²) in [6.45, 7) is 7.04. The van der Waals surface area contributed by atoms with Crippen molar-refractivity contribution in [3.8, 4) is 11.5 Å². The van der Waals surface area contributed by atoms with Crippen molar-refractivity contribution < 1.29 is 19.1 Å². The second-order valence-electron chi connectivity index (χ2n) is 6.89. The first-order valence-corrected chi connectivity index (χ1v) is 9.48. The molecule has 0 fully saturated rings. The quantitative estimate of drug-likeness (QED) is 0.710. The lowest BCUT2D eigenvalue weighted by Gasteiger charge is -2.17. The Bertz CT molecular complexity index is 867. The van der Waals surface area contributed by atoms with E-state index in [1.807, 2.05) is 63.1 Å². The van der Waals surface area contributed by atoms with E-state index in [0.29, 0.717) is 30.3 Å². The minimum absolute atomic E-state index is 0.0792. The first kappa shape index (κ1) is 22.2. The van der Waals surface area contributed by atoms with Gasteiger partial charge in [-0.25, -0.2) is 4.79 Å². The number of imide groups is 1. The van der Waals surface area contributed by atoms with Crippen LogP contribution in [0.3, 0.4) is 0 Å². The Hall–Kier alpha value is -3.06. The molecule has 2 aromatic carbocycles. The minimum Gasteiger partial charge on any atom is -0.493 e. The van der Waals surface area contributed by atoms with Gasteiger partial charge in [0.25, 0.3) is 0 Å². The zero-order valence-electron chi connectivity index (χ0n) is 17.7. The summed E-state index contributed by atoms with van der Waals surface area (Å²) in [5, 5.41) is 5.03. The van der Waals surface area contributed by atoms with Crippen molar-refractivity contribution >= 4 is 17.6 Å². The highest BCUT2D eigenvalue weighted by Gasteiger charge is 2.13. The molecular formula is C22H29N3O4. The van der Waals surface area contributed by atoms with E-state index in [2.05, 4.69) is 10.6 Å². The number of hydrogen-bond acceptors (Lipinski definition) is 5. The van der Waals surface area contributed by atoms with Crippen molar-refractivity contribution in [2.75, 3.05) is 32.6 Å². The fourth-order valence-corrected chi connectivity index (χ4v) is 2.85. The topological polar surface area (TPSA) is 79.9 Å². The van der Waals surface area contributed by atoms with Gasteiger partial charge in [-0.05, 0) is 68.8 Å². The number of ether oxygens (including phenoxy) is 2. The minimum atomic E-state index is -0.547. The van der Waals surface area contributed by atoms with Crippen LogP contribution in [0.25, 0.3) is 0 Å². The van der Waals surface area contributed by atoms with Crippen LogP contribution in [-0.4, -0.2) is 44.1 Å². The van der Waals surface area contributed by atoms with Crippen molar-refractivity contribution in [1.29, 1.82) is 0 Å². The van der Waals surface area contributed by atoms with Crippen LogP contribution in [0.2, 0.25) is 0 Å². The molecule has 2 rings (SSSR count). The molecule has 2 N–H and O–H groups in total. The van der Waals surface area contributed by atoms with Gasteiger partial charge in [-0.15, -0.1) is 0 Å². The summed E-state index contributed by atoms with van der Waals surface area (Å²) >= 11 is 0. The van der Waals surface area contributed by atoms with Gasteiger partial charge in [0.2, 0.25) is 5.91 Å². The molecule has 0 unspecified atom stereocenters. The molecule has 0 saturated heterocycles. The van der Waals surface area contributed by atoms with Crippen molar-refractivity contribution in [3.63, 3.8) is 0 Å². The van der Waals surface area contributed by atoms with Gasteiger partial charge < -0.3 is 14.8 Å². The van der Waals surface area contributed by atoms with Gasteiger partial charge in [0, 0.05) is 12.2 Å². The maximum atomic E-state index is 12.2. The lowest BCUT2D eigenvalue weighted by molar-refractivity contribution is -0.120. The summed E-state index contributed by atoms with van der Waals surface area (Å²) in [6, 6.07) is 10.7. The summed E-state index contributed by atoms with van der Waals surface area (Å²) in [5.74, 6) is 0.948. The number of carbonyl (C=O) groups excluding carboxylic acids is 2. The van der Waals surface area contributed by atoms with Gasteiger partial charge in [-0.2, -0.15) is 0 Å². The zero-order valence-corrected chi connectivity index (χ0v) is 17.7. The number of amides is 3. The molecule has 7 heteroatoms. The number of hydrogen-bond donors (Lipinski definition) is 2. The fraction of sp³-hybridized carbons (Fsp3) is 0.364.